The number of esters is 1. The van der Waals surface area contributed by atoms with Gasteiger partial charge in [0.2, 0.25) is 5.91 Å². The summed E-state index contributed by atoms with van der Waals surface area (Å²) in [6.45, 7) is 18.3. The molecule has 5 nitrogen and oxygen atoms in total. The second kappa shape index (κ2) is 5.74. The summed E-state index contributed by atoms with van der Waals surface area (Å²) in [5.41, 5.74) is 0.603. The number of hydrogen-bond donors (Lipinski definition) is 0. The van der Waals surface area contributed by atoms with E-state index in [-0.39, 0.29) is 41.1 Å². The molecule has 0 spiro atoms. The van der Waals surface area contributed by atoms with Crippen LogP contribution in [0.1, 0.15) is 41.0 Å². The highest BCUT2D eigenvalue weighted by molar-refractivity contribution is 6.74. The Kier molecular flexibility index (Phi) is 4.54. The zero-order chi connectivity index (χ0) is 17.7. The summed E-state index contributed by atoms with van der Waals surface area (Å²) in [4.78, 5) is 25.4. The van der Waals surface area contributed by atoms with E-state index in [1.54, 1.807) is 4.90 Å². The summed E-state index contributed by atoms with van der Waals surface area (Å²) in [6, 6.07) is 0.0409. The standard InChI is InChI=1S/C17H29NO4Si/c1-10-14(21-12(3)19)9-13-15(16(20)18(10)13)11(2)22-23(7,8)17(4,5)6/h11,13-15H,1,9H2,2-8H3/t11-,13-,14?,15-/m1/s1. The van der Waals surface area contributed by atoms with Crippen molar-refractivity contribution in [3.05, 3.63) is 12.3 Å². The fourth-order valence-corrected chi connectivity index (χ4v) is 4.66. The summed E-state index contributed by atoms with van der Waals surface area (Å²) in [6.07, 6.45) is 0.111. The number of rotatable bonds is 4. The highest BCUT2D eigenvalue weighted by atomic mass is 28.4. The van der Waals surface area contributed by atoms with E-state index in [1.807, 2.05) is 6.92 Å². The number of ether oxygens (including phenoxy) is 1. The van der Waals surface area contributed by atoms with E-state index in [2.05, 4.69) is 40.4 Å². The van der Waals surface area contributed by atoms with Crippen molar-refractivity contribution < 1.29 is 18.8 Å². The molecule has 0 aromatic heterocycles. The predicted molar refractivity (Wildman–Crippen MR) is 91.2 cm³/mol. The molecule has 130 valence electrons. The summed E-state index contributed by atoms with van der Waals surface area (Å²) in [7, 11) is -1.93. The van der Waals surface area contributed by atoms with Crippen LogP contribution in [-0.4, -0.2) is 43.3 Å². The maximum atomic E-state index is 12.5. The lowest BCUT2D eigenvalue weighted by molar-refractivity contribution is -0.155. The lowest BCUT2D eigenvalue weighted by atomic mass is 9.84. The smallest absolute Gasteiger partial charge is 0.303 e. The first-order valence-electron chi connectivity index (χ1n) is 8.23. The molecule has 0 saturated carbocycles. The average molecular weight is 340 g/mol. The van der Waals surface area contributed by atoms with Crippen molar-refractivity contribution in [2.45, 2.75) is 77.4 Å². The van der Waals surface area contributed by atoms with Gasteiger partial charge in [0.15, 0.2) is 8.32 Å². The monoisotopic (exact) mass is 339 g/mol. The normalized spacial score (nSPS) is 29.2. The van der Waals surface area contributed by atoms with Crippen LogP contribution in [0.25, 0.3) is 0 Å². The molecule has 2 saturated heterocycles. The summed E-state index contributed by atoms with van der Waals surface area (Å²) in [5, 5.41) is 0.104. The van der Waals surface area contributed by atoms with Gasteiger partial charge < -0.3 is 14.1 Å². The van der Waals surface area contributed by atoms with E-state index in [9.17, 15) is 9.59 Å². The van der Waals surface area contributed by atoms with Crippen LogP contribution in [0.4, 0.5) is 0 Å². The molecule has 0 aromatic carbocycles. The molecule has 0 aromatic rings. The van der Waals surface area contributed by atoms with Crippen LogP contribution < -0.4 is 0 Å². The molecule has 0 radical (unpaired) electrons. The maximum Gasteiger partial charge on any atom is 0.303 e. The minimum absolute atomic E-state index is 0.0409. The molecule has 2 heterocycles. The van der Waals surface area contributed by atoms with Crippen molar-refractivity contribution in [2.75, 3.05) is 0 Å². The lowest BCUT2D eigenvalue weighted by Gasteiger charge is -2.48. The molecule has 2 rings (SSSR count). The van der Waals surface area contributed by atoms with E-state index in [1.165, 1.54) is 6.92 Å². The SMILES string of the molecule is C=C1C(OC(C)=O)C[C@@H]2[C@@H]([C@@H](C)O[Si](C)(C)C(C)(C)C)C(=O)N12. The Morgan fingerprint density at radius 1 is 1.39 bits per heavy atom. The van der Waals surface area contributed by atoms with E-state index in [4.69, 9.17) is 9.16 Å². The first-order chi connectivity index (χ1) is 10.4. The van der Waals surface area contributed by atoms with Gasteiger partial charge in [-0.1, -0.05) is 27.4 Å². The number of fused-ring (bicyclic) bond motifs is 1. The highest BCUT2D eigenvalue weighted by Crippen LogP contribution is 2.46. The van der Waals surface area contributed by atoms with Crippen molar-refractivity contribution in [2.24, 2.45) is 5.92 Å². The zero-order valence-corrected chi connectivity index (χ0v) is 16.3. The van der Waals surface area contributed by atoms with Gasteiger partial charge in [0.25, 0.3) is 0 Å². The second-order valence-electron chi connectivity index (χ2n) is 8.21. The Bertz CT molecular complexity index is 537. The molecule has 6 heteroatoms. The van der Waals surface area contributed by atoms with Gasteiger partial charge in [-0.2, -0.15) is 0 Å². The molecule has 1 unspecified atom stereocenters. The molecule has 23 heavy (non-hydrogen) atoms. The second-order valence-corrected chi connectivity index (χ2v) is 13.0. The Balaban J connectivity index is 2.07. The number of β-lactam (4-membered cyclic amide) rings is 1. The molecular weight excluding hydrogens is 310 g/mol. The Morgan fingerprint density at radius 3 is 2.43 bits per heavy atom. The van der Waals surface area contributed by atoms with Crippen molar-refractivity contribution in [3.8, 4) is 0 Å². The van der Waals surface area contributed by atoms with Gasteiger partial charge in [0.05, 0.1) is 23.8 Å². The quantitative estimate of drug-likeness (QED) is 0.449. The Labute approximate surface area is 140 Å². The van der Waals surface area contributed by atoms with Crippen LogP contribution in [0, 0.1) is 5.92 Å². The van der Waals surface area contributed by atoms with Crippen LogP contribution in [0.5, 0.6) is 0 Å². The summed E-state index contributed by atoms with van der Waals surface area (Å²) >= 11 is 0. The summed E-state index contributed by atoms with van der Waals surface area (Å²) in [5.74, 6) is -0.462. The third-order valence-electron chi connectivity index (χ3n) is 5.51. The Morgan fingerprint density at radius 2 is 1.96 bits per heavy atom. The average Bonchev–Trinajstić information content (AvgIpc) is 2.59. The third-order valence-corrected chi connectivity index (χ3v) is 10.1. The molecule has 0 aliphatic carbocycles. The maximum absolute atomic E-state index is 12.5. The lowest BCUT2D eigenvalue weighted by Crippen LogP contribution is -2.62. The van der Waals surface area contributed by atoms with Gasteiger partial charge >= 0.3 is 5.97 Å². The molecule has 2 aliphatic rings. The number of carbonyl (C=O) groups excluding carboxylic acids is 2. The van der Waals surface area contributed by atoms with Crippen LogP contribution >= 0.6 is 0 Å². The molecule has 1 amide bonds. The van der Waals surface area contributed by atoms with Crippen LogP contribution in [0.3, 0.4) is 0 Å². The van der Waals surface area contributed by atoms with Gasteiger partial charge in [0.1, 0.15) is 6.10 Å². The predicted octanol–water partition coefficient (Wildman–Crippen LogP) is 3.07. The largest absolute Gasteiger partial charge is 0.456 e. The minimum atomic E-state index is -1.93. The first-order valence-corrected chi connectivity index (χ1v) is 11.1. The summed E-state index contributed by atoms with van der Waals surface area (Å²) < 4.78 is 11.7. The third kappa shape index (κ3) is 3.11. The number of carbonyl (C=O) groups is 2. The van der Waals surface area contributed by atoms with Gasteiger partial charge in [-0.05, 0) is 25.1 Å². The highest BCUT2D eigenvalue weighted by Gasteiger charge is 2.58. The molecular formula is C17H29NO4Si. The van der Waals surface area contributed by atoms with Crippen LogP contribution in [0.2, 0.25) is 18.1 Å². The fourth-order valence-electron chi connectivity index (χ4n) is 3.23. The first kappa shape index (κ1) is 18.2. The molecule has 2 aliphatic heterocycles. The van der Waals surface area contributed by atoms with Crippen molar-refractivity contribution in [3.63, 3.8) is 0 Å². The minimum Gasteiger partial charge on any atom is -0.456 e. The van der Waals surface area contributed by atoms with Crippen molar-refractivity contribution >= 4 is 20.2 Å². The van der Waals surface area contributed by atoms with E-state index >= 15 is 0 Å². The van der Waals surface area contributed by atoms with E-state index in [0.29, 0.717) is 12.1 Å². The van der Waals surface area contributed by atoms with Gasteiger partial charge in [-0.25, -0.2) is 0 Å². The number of hydrogen-bond acceptors (Lipinski definition) is 4. The van der Waals surface area contributed by atoms with Crippen molar-refractivity contribution in [1.82, 2.24) is 4.90 Å². The fraction of sp³-hybridized carbons (Fsp3) is 0.765. The molecule has 0 N–H and O–H groups in total. The number of amides is 1. The van der Waals surface area contributed by atoms with E-state index in [0.717, 1.165) is 0 Å². The molecule has 4 atom stereocenters. The number of nitrogens with zero attached hydrogens (tertiary/aromatic N) is 1. The molecule has 2 fully saturated rings. The Hall–Kier alpha value is -1.14. The van der Waals surface area contributed by atoms with Crippen LogP contribution in [0.15, 0.2) is 12.3 Å². The topological polar surface area (TPSA) is 55.8 Å². The zero-order valence-electron chi connectivity index (χ0n) is 15.3. The van der Waals surface area contributed by atoms with Crippen molar-refractivity contribution in [1.29, 1.82) is 0 Å². The van der Waals surface area contributed by atoms with E-state index < -0.39 is 8.32 Å². The van der Waals surface area contributed by atoms with Crippen LogP contribution in [-0.2, 0) is 18.8 Å². The van der Waals surface area contributed by atoms with Gasteiger partial charge in [0, 0.05) is 13.3 Å². The van der Waals surface area contributed by atoms with Gasteiger partial charge in [-0.3, -0.25) is 9.59 Å². The van der Waals surface area contributed by atoms with Gasteiger partial charge in [-0.15, -0.1) is 0 Å². The molecule has 0 bridgehead atoms.